The lowest BCUT2D eigenvalue weighted by molar-refractivity contribution is -0.708. The Hall–Kier alpha value is -3.13. The predicted molar refractivity (Wildman–Crippen MR) is 99.7 cm³/mol. The Labute approximate surface area is 166 Å². The van der Waals surface area contributed by atoms with Crippen LogP contribution in [0.4, 0.5) is 8.78 Å². The highest BCUT2D eigenvalue weighted by Gasteiger charge is 2.22. The highest BCUT2D eigenvalue weighted by atomic mass is 79.9. The van der Waals surface area contributed by atoms with Gasteiger partial charge < -0.3 is 5.11 Å². The average molecular weight is 444 g/mol. The van der Waals surface area contributed by atoms with E-state index >= 15 is 0 Å². The highest BCUT2D eigenvalue weighted by molar-refractivity contribution is 9.10. The van der Waals surface area contributed by atoms with Gasteiger partial charge in [-0.25, -0.2) is 23.1 Å². The first-order valence-corrected chi connectivity index (χ1v) is 9.05. The Balaban J connectivity index is 2.01. The molecule has 0 atom stereocenters. The zero-order chi connectivity index (χ0) is 19.8. The van der Waals surface area contributed by atoms with Gasteiger partial charge >= 0.3 is 5.56 Å². The van der Waals surface area contributed by atoms with Crippen LogP contribution in [-0.4, -0.2) is 9.38 Å². The van der Waals surface area contributed by atoms with Gasteiger partial charge in [-0.1, -0.05) is 12.1 Å². The van der Waals surface area contributed by atoms with Crippen molar-refractivity contribution in [2.75, 3.05) is 0 Å². The molecule has 0 spiro atoms. The number of nitrogens with zero attached hydrogens (tertiary/aromatic N) is 3. The maximum atomic E-state index is 14.3. The fourth-order valence-corrected chi connectivity index (χ4v) is 3.27. The van der Waals surface area contributed by atoms with E-state index in [1.165, 1.54) is 15.2 Å². The molecule has 0 unspecified atom stereocenters. The third-order valence-electron chi connectivity index (χ3n) is 4.34. The van der Waals surface area contributed by atoms with Crippen LogP contribution >= 0.6 is 15.9 Å². The molecule has 0 radical (unpaired) electrons. The Morgan fingerprint density at radius 2 is 1.96 bits per heavy atom. The van der Waals surface area contributed by atoms with E-state index in [-0.39, 0.29) is 17.7 Å². The molecule has 0 amide bonds. The maximum absolute atomic E-state index is 14.3. The summed E-state index contributed by atoms with van der Waals surface area (Å²) in [6, 6.07) is 11.2. The Morgan fingerprint density at radius 1 is 1.14 bits per heavy atom. The van der Waals surface area contributed by atoms with Crippen molar-refractivity contribution in [1.82, 2.24) is 9.38 Å². The second-order valence-electron chi connectivity index (χ2n) is 6.11. The van der Waals surface area contributed by atoms with Crippen molar-refractivity contribution in [3.05, 3.63) is 93.1 Å². The molecule has 4 aromatic rings. The largest absolute Gasteiger partial charge is 0.842 e. The molecule has 3 aromatic heterocycles. The fourth-order valence-electron chi connectivity index (χ4n) is 3.03. The van der Waals surface area contributed by atoms with Gasteiger partial charge in [0.2, 0.25) is 0 Å². The summed E-state index contributed by atoms with van der Waals surface area (Å²) in [6.45, 7) is 0.128. The summed E-state index contributed by atoms with van der Waals surface area (Å²) in [4.78, 5) is 17.0. The molecule has 8 heteroatoms. The van der Waals surface area contributed by atoms with Crippen molar-refractivity contribution < 1.29 is 18.5 Å². The second-order valence-corrected chi connectivity index (χ2v) is 6.93. The summed E-state index contributed by atoms with van der Waals surface area (Å²) in [5, 5.41) is 13.2. The molecule has 0 aliphatic carbocycles. The molecule has 0 saturated carbocycles. The lowest BCUT2D eigenvalue weighted by atomic mass is 10.1. The van der Waals surface area contributed by atoms with Gasteiger partial charge in [-0.3, -0.25) is 0 Å². The van der Waals surface area contributed by atoms with Crippen molar-refractivity contribution in [3.8, 4) is 17.0 Å². The molecule has 4 rings (SSSR count). The quantitative estimate of drug-likeness (QED) is 0.361. The molecule has 0 N–H and O–H groups in total. The van der Waals surface area contributed by atoms with E-state index in [0.717, 1.165) is 17.7 Å². The summed E-state index contributed by atoms with van der Waals surface area (Å²) < 4.78 is 30.9. The topological polar surface area (TPSA) is 61.3 Å². The average Bonchev–Trinajstić information content (AvgIpc) is 2.68. The lowest BCUT2D eigenvalue weighted by Crippen LogP contribution is -2.44. The van der Waals surface area contributed by atoms with Crippen molar-refractivity contribution in [2.45, 2.75) is 6.54 Å². The molecule has 140 valence electrons. The number of aromatic nitrogens is 3. The van der Waals surface area contributed by atoms with Gasteiger partial charge in [0.1, 0.15) is 28.3 Å². The molecule has 5 nitrogen and oxygen atoms in total. The van der Waals surface area contributed by atoms with E-state index in [4.69, 9.17) is 0 Å². The van der Waals surface area contributed by atoms with Crippen LogP contribution < -0.4 is 15.2 Å². The lowest BCUT2D eigenvalue weighted by Gasteiger charge is -2.17. The van der Waals surface area contributed by atoms with Crippen molar-refractivity contribution in [3.63, 3.8) is 0 Å². The fraction of sp³-hybridized carbons (Fsp3) is 0.0500. The Bertz CT molecular complexity index is 1260. The molecule has 0 bridgehead atoms. The van der Waals surface area contributed by atoms with E-state index < -0.39 is 23.1 Å². The van der Waals surface area contributed by atoms with Crippen molar-refractivity contribution >= 4 is 21.6 Å². The number of rotatable bonds is 3. The normalized spacial score (nSPS) is 11.1. The van der Waals surface area contributed by atoms with Gasteiger partial charge in [-0.05, 0) is 40.2 Å². The van der Waals surface area contributed by atoms with E-state index in [1.54, 1.807) is 36.5 Å². The highest BCUT2D eigenvalue weighted by Crippen LogP contribution is 2.25. The molecule has 1 aromatic carbocycles. The number of hydrogen-bond donors (Lipinski definition) is 0. The van der Waals surface area contributed by atoms with E-state index in [9.17, 15) is 18.7 Å². The van der Waals surface area contributed by atoms with Crippen molar-refractivity contribution in [1.29, 1.82) is 0 Å². The monoisotopic (exact) mass is 443 g/mol. The van der Waals surface area contributed by atoms with Gasteiger partial charge in [-0.15, -0.1) is 0 Å². The summed E-state index contributed by atoms with van der Waals surface area (Å²) in [6.07, 6.45) is 3.09. The molecule has 0 aliphatic heterocycles. The number of halogens is 3. The van der Waals surface area contributed by atoms with E-state index in [0.29, 0.717) is 16.3 Å². The van der Waals surface area contributed by atoms with Gasteiger partial charge in [0.25, 0.3) is 5.65 Å². The molecular weight excluding hydrogens is 432 g/mol. The standard InChI is InChI=1S/C20H12BrF2N3O2/c21-16-7-4-12(10-24-16)11-26-17-3-1-2-8-25(17)19(27)18(20(26)28)14-6-5-13(22)9-15(14)23/h1-10H,11H2. The molecule has 0 fully saturated rings. The van der Waals surface area contributed by atoms with Gasteiger partial charge in [0, 0.05) is 29.5 Å². The third kappa shape index (κ3) is 3.16. The minimum atomic E-state index is -0.970. The molecule has 0 aliphatic rings. The summed E-state index contributed by atoms with van der Waals surface area (Å²) in [5.74, 6) is -2.42. The van der Waals surface area contributed by atoms with E-state index in [2.05, 4.69) is 20.9 Å². The summed E-state index contributed by atoms with van der Waals surface area (Å²) in [5.41, 5.74) is -0.188. The number of hydrogen-bond acceptors (Lipinski definition) is 3. The van der Waals surface area contributed by atoms with Crippen LogP contribution in [0.3, 0.4) is 0 Å². The van der Waals surface area contributed by atoms with Gasteiger partial charge in [0.15, 0.2) is 0 Å². The first-order valence-electron chi connectivity index (χ1n) is 8.26. The molecule has 3 heterocycles. The number of benzene rings is 1. The zero-order valence-electron chi connectivity index (χ0n) is 14.3. The summed E-state index contributed by atoms with van der Waals surface area (Å²) >= 11 is 3.25. The van der Waals surface area contributed by atoms with E-state index in [1.807, 2.05) is 0 Å². The second kappa shape index (κ2) is 7.12. The predicted octanol–water partition coefficient (Wildman–Crippen LogP) is 2.81. The first kappa shape index (κ1) is 18.2. The molecule has 28 heavy (non-hydrogen) atoms. The van der Waals surface area contributed by atoms with Gasteiger partial charge in [0.05, 0.1) is 12.1 Å². The minimum absolute atomic E-state index is 0.128. The minimum Gasteiger partial charge on any atom is -0.842 e. The zero-order valence-corrected chi connectivity index (χ0v) is 15.9. The SMILES string of the molecule is O=c1c(-c2ccc(F)cc2F)c([O-])[n+](Cc2ccc(Br)nc2)c2ccccn12. The maximum Gasteiger partial charge on any atom is 0.349 e. The molecular formula is C20H12BrF2N3O2. The Morgan fingerprint density at radius 3 is 2.68 bits per heavy atom. The Kier molecular flexibility index (Phi) is 4.64. The smallest absolute Gasteiger partial charge is 0.349 e. The third-order valence-corrected chi connectivity index (χ3v) is 4.81. The van der Waals surface area contributed by atoms with Crippen molar-refractivity contribution in [2.24, 2.45) is 0 Å². The number of pyridine rings is 2. The van der Waals surface area contributed by atoms with Crippen LogP contribution in [0.5, 0.6) is 5.88 Å². The van der Waals surface area contributed by atoms with Gasteiger partial charge in [-0.2, -0.15) is 4.40 Å². The van der Waals surface area contributed by atoms with Crippen LogP contribution in [0.2, 0.25) is 0 Å². The van der Waals surface area contributed by atoms with Crippen LogP contribution in [0, 0.1) is 11.6 Å². The van der Waals surface area contributed by atoms with Crippen LogP contribution in [-0.2, 0) is 6.54 Å². The van der Waals surface area contributed by atoms with Crippen LogP contribution in [0.15, 0.2) is 70.3 Å². The first-order chi connectivity index (χ1) is 13.5. The number of fused-ring (bicyclic) bond motifs is 1. The summed E-state index contributed by atoms with van der Waals surface area (Å²) in [7, 11) is 0. The van der Waals surface area contributed by atoms with Crippen LogP contribution in [0.1, 0.15) is 5.56 Å². The van der Waals surface area contributed by atoms with Crippen LogP contribution in [0.25, 0.3) is 16.8 Å². The molecule has 0 saturated heterocycles.